The maximum Gasteiger partial charge on any atom is 0.0919 e. The van der Waals surface area contributed by atoms with Crippen LogP contribution in [0.2, 0.25) is 5.02 Å². The first-order chi connectivity index (χ1) is 11.2. The lowest BCUT2D eigenvalue weighted by molar-refractivity contribution is 0.313. The molecule has 1 fully saturated rings. The predicted molar refractivity (Wildman–Crippen MR) is 99.8 cm³/mol. The largest absolute Gasteiger partial charge is 0.369 e. The Bertz CT molecular complexity index is 820. The van der Waals surface area contributed by atoms with E-state index in [4.69, 9.17) is 11.6 Å². The summed E-state index contributed by atoms with van der Waals surface area (Å²) in [4.78, 5) is 4.82. The minimum atomic E-state index is 0.757. The van der Waals surface area contributed by atoms with Crippen LogP contribution in [0.15, 0.2) is 42.5 Å². The highest BCUT2D eigenvalue weighted by atomic mass is 35.5. The van der Waals surface area contributed by atoms with Crippen LogP contribution in [0.4, 0.5) is 5.69 Å². The van der Waals surface area contributed by atoms with E-state index in [1.165, 1.54) is 21.9 Å². The summed E-state index contributed by atoms with van der Waals surface area (Å²) in [6.45, 7) is 4.42. The van der Waals surface area contributed by atoms with Crippen LogP contribution in [0.3, 0.4) is 0 Å². The first kappa shape index (κ1) is 14.9. The highest BCUT2D eigenvalue weighted by molar-refractivity contribution is 7.13. The number of rotatable bonds is 2. The summed E-state index contributed by atoms with van der Waals surface area (Å²) >= 11 is 7.67. The van der Waals surface area contributed by atoms with Crippen LogP contribution in [0.1, 0.15) is 0 Å². The van der Waals surface area contributed by atoms with Crippen LogP contribution < -0.4 is 4.90 Å². The third-order valence-corrected chi connectivity index (χ3v) is 5.50. The van der Waals surface area contributed by atoms with Gasteiger partial charge in [0.25, 0.3) is 0 Å². The minimum Gasteiger partial charge on any atom is -0.369 e. The fraction of sp³-hybridized carbons (Fsp3) is 0.278. The summed E-state index contributed by atoms with van der Waals surface area (Å²) in [6, 6.07) is 14.7. The van der Waals surface area contributed by atoms with E-state index in [-0.39, 0.29) is 0 Å². The lowest BCUT2D eigenvalue weighted by Gasteiger charge is -2.34. The molecule has 0 saturated carbocycles. The zero-order valence-corrected chi connectivity index (χ0v) is 14.6. The quantitative estimate of drug-likeness (QED) is 0.688. The van der Waals surface area contributed by atoms with Gasteiger partial charge in [0, 0.05) is 47.8 Å². The van der Waals surface area contributed by atoms with Gasteiger partial charge in [-0.15, -0.1) is 0 Å². The summed E-state index contributed by atoms with van der Waals surface area (Å²) in [5.74, 6) is 0. The molecule has 3 aromatic rings. The van der Waals surface area contributed by atoms with E-state index < -0.39 is 0 Å². The van der Waals surface area contributed by atoms with Gasteiger partial charge in [-0.1, -0.05) is 23.7 Å². The average Bonchev–Trinajstić information content (AvgIpc) is 2.99. The molecule has 4 rings (SSSR count). The van der Waals surface area contributed by atoms with E-state index in [0.29, 0.717) is 0 Å². The molecule has 0 radical (unpaired) electrons. The Morgan fingerprint density at radius 2 is 1.74 bits per heavy atom. The summed E-state index contributed by atoms with van der Waals surface area (Å²) in [5, 5.41) is 1.89. The molecule has 2 aromatic carbocycles. The van der Waals surface area contributed by atoms with Crippen LogP contribution in [-0.4, -0.2) is 42.5 Å². The van der Waals surface area contributed by atoms with Crippen molar-refractivity contribution in [1.29, 1.82) is 0 Å². The SMILES string of the molecule is CN1CCN(c2ccc(-c3nsc4ccc(Cl)cc34)cc2)CC1. The number of halogens is 1. The van der Waals surface area contributed by atoms with E-state index in [9.17, 15) is 0 Å². The third kappa shape index (κ3) is 2.94. The number of hydrogen-bond acceptors (Lipinski definition) is 4. The van der Waals surface area contributed by atoms with E-state index in [1.54, 1.807) is 0 Å². The molecule has 0 unspecified atom stereocenters. The first-order valence-electron chi connectivity index (χ1n) is 7.79. The van der Waals surface area contributed by atoms with Crippen molar-refractivity contribution in [2.45, 2.75) is 0 Å². The Morgan fingerprint density at radius 1 is 1.00 bits per heavy atom. The van der Waals surface area contributed by atoms with Gasteiger partial charge < -0.3 is 9.80 Å². The summed E-state index contributed by atoms with van der Waals surface area (Å²) in [6.07, 6.45) is 0. The smallest absolute Gasteiger partial charge is 0.0919 e. The second kappa shape index (κ2) is 6.11. The van der Waals surface area contributed by atoms with Gasteiger partial charge in [0.15, 0.2) is 0 Å². The lowest BCUT2D eigenvalue weighted by Crippen LogP contribution is -2.44. The molecule has 5 heteroatoms. The van der Waals surface area contributed by atoms with Crippen LogP contribution in [0.25, 0.3) is 21.3 Å². The Balaban J connectivity index is 1.63. The molecule has 1 aromatic heterocycles. The maximum atomic E-state index is 6.14. The predicted octanol–water partition coefficient (Wildman–Crippen LogP) is 4.37. The van der Waals surface area contributed by atoms with Crippen molar-refractivity contribution in [3.8, 4) is 11.3 Å². The Hall–Kier alpha value is -1.62. The number of fused-ring (bicyclic) bond motifs is 1. The monoisotopic (exact) mass is 343 g/mol. The van der Waals surface area contributed by atoms with Crippen LogP contribution in [0, 0.1) is 0 Å². The molecule has 2 heterocycles. The Labute approximate surface area is 145 Å². The Kier molecular flexibility index (Phi) is 3.97. The van der Waals surface area contributed by atoms with E-state index >= 15 is 0 Å². The molecular formula is C18H18ClN3S. The summed E-state index contributed by atoms with van der Waals surface area (Å²) in [5.41, 5.74) is 3.47. The van der Waals surface area contributed by atoms with Crippen LogP contribution in [0.5, 0.6) is 0 Å². The average molecular weight is 344 g/mol. The van der Waals surface area contributed by atoms with E-state index in [0.717, 1.165) is 47.8 Å². The first-order valence-corrected chi connectivity index (χ1v) is 8.95. The maximum absolute atomic E-state index is 6.14. The van der Waals surface area contributed by atoms with Crippen molar-refractivity contribution in [2.24, 2.45) is 0 Å². The van der Waals surface area contributed by atoms with Crippen LogP contribution >= 0.6 is 23.1 Å². The molecule has 0 spiro atoms. The van der Waals surface area contributed by atoms with Gasteiger partial charge in [-0.05, 0) is 48.9 Å². The van der Waals surface area contributed by atoms with Crippen LogP contribution in [-0.2, 0) is 0 Å². The number of likely N-dealkylation sites (N-methyl/N-ethyl adjacent to an activating group) is 1. The molecule has 1 aliphatic heterocycles. The molecule has 1 aliphatic rings. The van der Waals surface area contributed by atoms with Crippen molar-refractivity contribution in [2.75, 3.05) is 38.1 Å². The van der Waals surface area contributed by atoms with Gasteiger partial charge in [0.05, 0.1) is 10.4 Å². The number of nitrogens with zero attached hydrogens (tertiary/aromatic N) is 3. The van der Waals surface area contributed by atoms with E-state index in [1.807, 2.05) is 18.2 Å². The standard InChI is InChI=1S/C18H18ClN3S/c1-21-8-10-22(11-9-21)15-5-2-13(3-6-15)18-16-12-14(19)4-7-17(16)23-20-18/h2-7,12H,8-11H2,1H3. The molecule has 0 bridgehead atoms. The second-order valence-corrected chi connectivity index (χ2v) is 7.25. The van der Waals surface area contributed by atoms with Crippen molar-refractivity contribution in [1.82, 2.24) is 9.27 Å². The summed E-state index contributed by atoms with van der Waals surface area (Å²) in [7, 11) is 2.18. The van der Waals surface area contributed by atoms with Gasteiger partial charge in [0.1, 0.15) is 0 Å². The van der Waals surface area contributed by atoms with Crippen molar-refractivity contribution in [3.05, 3.63) is 47.5 Å². The molecule has 118 valence electrons. The zero-order chi connectivity index (χ0) is 15.8. The number of aromatic nitrogens is 1. The van der Waals surface area contributed by atoms with Gasteiger partial charge in [0.2, 0.25) is 0 Å². The fourth-order valence-corrected chi connectivity index (χ4v) is 3.96. The number of hydrogen-bond donors (Lipinski definition) is 0. The Morgan fingerprint density at radius 3 is 2.48 bits per heavy atom. The molecule has 0 aliphatic carbocycles. The normalized spacial score (nSPS) is 16.2. The number of piperazine rings is 1. The topological polar surface area (TPSA) is 19.4 Å². The number of benzene rings is 2. The molecule has 0 N–H and O–H groups in total. The molecule has 0 amide bonds. The highest BCUT2D eigenvalue weighted by Crippen LogP contribution is 2.33. The third-order valence-electron chi connectivity index (χ3n) is 4.44. The number of anilines is 1. The van der Waals surface area contributed by atoms with Gasteiger partial charge >= 0.3 is 0 Å². The summed E-state index contributed by atoms with van der Waals surface area (Å²) < 4.78 is 5.80. The van der Waals surface area contributed by atoms with Crippen molar-refractivity contribution >= 4 is 38.9 Å². The highest BCUT2D eigenvalue weighted by Gasteiger charge is 2.15. The lowest BCUT2D eigenvalue weighted by atomic mass is 10.1. The van der Waals surface area contributed by atoms with Crippen molar-refractivity contribution in [3.63, 3.8) is 0 Å². The molecule has 0 atom stereocenters. The van der Waals surface area contributed by atoms with Gasteiger partial charge in [-0.2, -0.15) is 4.37 Å². The minimum absolute atomic E-state index is 0.757. The fourth-order valence-electron chi connectivity index (χ4n) is 3.01. The molecule has 23 heavy (non-hydrogen) atoms. The van der Waals surface area contributed by atoms with Gasteiger partial charge in [-0.25, -0.2) is 0 Å². The van der Waals surface area contributed by atoms with Gasteiger partial charge in [-0.3, -0.25) is 0 Å². The molecule has 3 nitrogen and oxygen atoms in total. The second-order valence-electron chi connectivity index (χ2n) is 6.01. The van der Waals surface area contributed by atoms with E-state index in [2.05, 4.69) is 45.5 Å². The molecule has 1 saturated heterocycles. The van der Waals surface area contributed by atoms with Crippen molar-refractivity contribution < 1.29 is 0 Å². The zero-order valence-electron chi connectivity index (χ0n) is 13.0. The molecular weight excluding hydrogens is 326 g/mol.